The van der Waals surface area contributed by atoms with Gasteiger partial charge in [0.1, 0.15) is 24.4 Å². The number of carbonyl (C=O) groups is 2. The molecule has 6 N–H and O–H groups in total. The average molecular weight is 1260 g/mol. The third-order valence-electron chi connectivity index (χ3n) is 18.5. The van der Waals surface area contributed by atoms with Crippen molar-refractivity contribution < 1.29 is 49.3 Å². The van der Waals surface area contributed by atoms with Crippen LogP contribution in [0.3, 0.4) is 0 Å². The maximum atomic E-state index is 13.5. The van der Waals surface area contributed by atoms with E-state index in [-0.39, 0.29) is 13.0 Å². The second kappa shape index (κ2) is 65.9. The van der Waals surface area contributed by atoms with Crippen LogP contribution in [0.4, 0.5) is 0 Å². The van der Waals surface area contributed by atoms with Gasteiger partial charge in [-0.05, 0) is 57.8 Å². The van der Waals surface area contributed by atoms with E-state index in [0.717, 1.165) is 64.2 Å². The van der Waals surface area contributed by atoms with Crippen LogP contribution in [0.1, 0.15) is 387 Å². The lowest BCUT2D eigenvalue weighted by molar-refractivity contribution is -0.305. The molecule has 1 amide bonds. The number of nitrogens with one attached hydrogen (secondary N) is 1. The SMILES string of the molecule is CCCCC/C=C\C/C=C\CCCCCCCCCCCCCCCCC(O)C(=O)NC(COC1OC(CO)C(O)C(O)C1OC(=O)CCCCCCCCCCCCCCCCCCCCCCCCC)C(O)/C=C/CCCCCCCCCCCCC. The van der Waals surface area contributed by atoms with Crippen LogP contribution in [0, 0.1) is 0 Å². The Morgan fingerprint density at radius 3 is 1.17 bits per heavy atom. The van der Waals surface area contributed by atoms with Gasteiger partial charge in [0.2, 0.25) is 5.91 Å². The normalized spacial score (nSPS) is 18.2. The number of hydrogen-bond acceptors (Lipinski definition) is 10. The summed E-state index contributed by atoms with van der Waals surface area (Å²) in [6.45, 7) is 5.84. The smallest absolute Gasteiger partial charge is 0.306 e. The lowest BCUT2D eigenvalue weighted by Crippen LogP contribution is -2.61. The van der Waals surface area contributed by atoms with E-state index in [2.05, 4.69) is 50.4 Å². The first-order valence-corrected chi connectivity index (χ1v) is 38.8. The second-order valence-electron chi connectivity index (χ2n) is 27.1. The topological polar surface area (TPSA) is 175 Å². The number of amides is 1. The molecule has 0 aliphatic carbocycles. The number of aliphatic hydroxyl groups excluding tert-OH is 5. The number of esters is 1. The molecular weight excluding hydrogens is 1110 g/mol. The van der Waals surface area contributed by atoms with Gasteiger partial charge in [-0.3, -0.25) is 9.59 Å². The van der Waals surface area contributed by atoms with E-state index < -0.39 is 67.4 Å². The summed E-state index contributed by atoms with van der Waals surface area (Å²) in [6.07, 6.45) is 71.9. The molecular formula is C78H147NO10. The molecule has 1 heterocycles. The van der Waals surface area contributed by atoms with Crippen molar-refractivity contribution in [3.05, 3.63) is 36.5 Å². The van der Waals surface area contributed by atoms with Crippen molar-refractivity contribution in [2.75, 3.05) is 13.2 Å². The molecule has 11 nitrogen and oxygen atoms in total. The summed E-state index contributed by atoms with van der Waals surface area (Å²) in [5, 5.41) is 57.4. The van der Waals surface area contributed by atoms with E-state index in [9.17, 15) is 35.1 Å². The first kappa shape index (κ1) is 84.9. The fourth-order valence-electron chi connectivity index (χ4n) is 12.5. The quantitative estimate of drug-likeness (QED) is 0.0195. The summed E-state index contributed by atoms with van der Waals surface area (Å²) in [5.74, 6) is -1.17. The largest absolute Gasteiger partial charge is 0.454 e. The maximum absolute atomic E-state index is 13.5. The van der Waals surface area contributed by atoms with Crippen LogP contribution in [-0.4, -0.2) is 99.6 Å². The zero-order valence-electron chi connectivity index (χ0n) is 58.6. The average Bonchev–Trinajstić information content (AvgIpc) is 3.11. The highest BCUT2D eigenvalue weighted by Gasteiger charge is 2.47. The van der Waals surface area contributed by atoms with E-state index in [1.54, 1.807) is 6.08 Å². The van der Waals surface area contributed by atoms with Gasteiger partial charge in [0, 0.05) is 6.42 Å². The Morgan fingerprint density at radius 1 is 0.438 bits per heavy atom. The minimum Gasteiger partial charge on any atom is -0.454 e. The van der Waals surface area contributed by atoms with Crippen molar-refractivity contribution >= 4 is 11.9 Å². The molecule has 11 heteroatoms. The summed E-state index contributed by atoms with van der Waals surface area (Å²) >= 11 is 0. The fourth-order valence-corrected chi connectivity index (χ4v) is 12.5. The molecule has 0 bridgehead atoms. The van der Waals surface area contributed by atoms with Crippen LogP contribution in [0.2, 0.25) is 0 Å². The van der Waals surface area contributed by atoms with Gasteiger partial charge in [-0.1, -0.05) is 359 Å². The molecule has 1 saturated heterocycles. The van der Waals surface area contributed by atoms with Crippen molar-refractivity contribution in [1.29, 1.82) is 0 Å². The molecule has 0 aromatic carbocycles. The van der Waals surface area contributed by atoms with Crippen LogP contribution < -0.4 is 5.32 Å². The highest BCUT2D eigenvalue weighted by molar-refractivity contribution is 5.80. The van der Waals surface area contributed by atoms with Crippen molar-refractivity contribution in [1.82, 2.24) is 5.32 Å². The minimum atomic E-state index is -1.61. The highest BCUT2D eigenvalue weighted by atomic mass is 16.7. The molecule has 0 spiro atoms. The highest BCUT2D eigenvalue weighted by Crippen LogP contribution is 2.27. The molecule has 0 aromatic heterocycles. The maximum Gasteiger partial charge on any atom is 0.306 e. The molecule has 1 fully saturated rings. The number of rotatable bonds is 68. The standard InChI is InChI=1S/C78H147NO10/c1-4-7-10-13-16-19-22-25-27-29-31-33-35-37-38-40-42-44-47-50-53-56-59-62-65-71(82)77(86)79-69(70(81)64-61-58-55-52-49-46-24-21-18-15-12-9-6-3)68-87-78-76(75(85)74(84)72(67-80)88-78)89-73(83)66-63-60-57-54-51-48-45-43-41-39-36-34-32-30-28-26-23-20-17-14-11-8-5-2/h16,19,25,27,61,64,69-72,74-76,78,80-82,84-85H,4-15,17-18,20-24,26,28-60,62-63,65-68H2,1-3H3,(H,79,86)/b19-16-,27-25-,64-61+. The lowest BCUT2D eigenvalue weighted by atomic mass is 9.99. The van der Waals surface area contributed by atoms with Crippen LogP contribution in [0.25, 0.3) is 0 Å². The first-order chi connectivity index (χ1) is 43.7. The van der Waals surface area contributed by atoms with Crippen LogP contribution in [0.5, 0.6) is 0 Å². The molecule has 0 radical (unpaired) electrons. The van der Waals surface area contributed by atoms with Crippen molar-refractivity contribution in [3.8, 4) is 0 Å². The Morgan fingerprint density at radius 2 is 0.775 bits per heavy atom. The van der Waals surface area contributed by atoms with E-state index in [0.29, 0.717) is 19.3 Å². The third-order valence-corrected chi connectivity index (χ3v) is 18.5. The molecule has 89 heavy (non-hydrogen) atoms. The Hall–Kier alpha value is -2.12. The molecule has 0 aromatic rings. The van der Waals surface area contributed by atoms with Crippen LogP contribution in [-0.2, 0) is 23.8 Å². The number of unbranched alkanes of at least 4 members (excludes halogenated alkanes) is 50. The summed E-state index contributed by atoms with van der Waals surface area (Å²) < 4.78 is 17.8. The Labute approximate surface area is 549 Å². The molecule has 524 valence electrons. The summed E-state index contributed by atoms with van der Waals surface area (Å²) in [6, 6.07) is -1.02. The predicted molar refractivity (Wildman–Crippen MR) is 375 cm³/mol. The van der Waals surface area contributed by atoms with Gasteiger partial charge in [-0.25, -0.2) is 0 Å². The van der Waals surface area contributed by atoms with Gasteiger partial charge < -0.3 is 45.1 Å². The Balaban J connectivity index is 2.53. The Kier molecular flexibility index (Phi) is 62.9. The number of allylic oxidation sites excluding steroid dienone is 5. The molecule has 1 rings (SSSR count). The third kappa shape index (κ3) is 52.9. The predicted octanol–water partition coefficient (Wildman–Crippen LogP) is 20.5. The van der Waals surface area contributed by atoms with Gasteiger partial charge in [-0.2, -0.15) is 0 Å². The molecule has 8 unspecified atom stereocenters. The number of ether oxygens (including phenoxy) is 3. The number of aliphatic hydroxyl groups is 5. The van der Waals surface area contributed by atoms with E-state index in [1.807, 2.05) is 6.08 Å². The minimum absolute atomic E-state index is 0.130. The van der Waals surface area contributed by atoms with Gasteiger partial charge >= 0.3 is 5.97 Å². The van der Waals surface area contributed by atoms with E-state index in [1.165, 1.54) is 276 Å². The van der Waals surface area contributed by atoms with E-state index in [4.69, 9.17) is 14.2 Å². The fraction of sp³-hybridized carbons (Fsp3) is 0.897. The summed E-state index contributed by atoms with van der Waals surface area (Å²) in [7, 11) is 0. The van der Waals surface area contributed by atoms with Crippen LogP contribution >= 0.6 is 0 Å². The van der Waals surface area contributed by atoms with Crippen molar-refractivity contribution in [2.24, 2.45) is 0 Å². The molecule has 8 atom stereocenters. The Bertz CT molecular complexity index is 1590. The zero-order valence-corrected chi connectivity index (χ0v) is 58.6. The van der Waals surface area contributed by atoms with Crippen molar-refractivity contribution in [3.63, 3.8) is 0 Å². The second-order valence-corrected chi connectivity index (χ2v) is 27.1. The molecule has 1 aliphatic heterocycles. The van der Waals surface area contributed by atoms with Gasteiger partial charge in [0.05, 0.1) is 25.4 Å². The summed E-state index contributed by atoms with van der Waals surface area (Å²) in [5.41, 5.74) is 0. The van der Waals surface area contributed by atoms with Crippen LogP contribution in [0.15, 0.2) is 36.5 Å². The van der Waals surface area contributed by atoms with Gasteiger partial charge in [-0.15, -0.1) is 0 Å². The van der Waals surface area contributed by atoms with Gasteiger partial charge in [0.15, 0.2) is 12.4 Å². The monoisotopic (exact) mass is 1260 g/mol. The summed E-state index contributed by atoms with van der Waals surface area (Å²) in [4.78, 5) is 26.8. The number of carbonyl (C=O) groups excluding carboxylic acids is 2. The van der Waals surface area contributed by atoms with Gasteiger partial charge in [0.25, 0.3) is 0 Å². The molecule has 1 aliphatic rings. The first-order valence-electron chi connectivity index (χ1n) is 38.8. The number of hydrogen-bond donors (Lipinski definition) is 6. The lowest BCUT2D eigenvalue weighted by Gasteiger charge is -2.41. The van der Waals surface area contributed by atoms with Crippen molar-refractivity contribution in [2.45, 2.75) is 436 Å². The molecule has 0 saturated carbocycles. The zero-order chi connectivity index (χ0) is 64.6. The van der Waals surface area contributed by atoms with E-state index >= 15 is 0 Å².